The minimum atomic E-state index is -3.51. The Kier molecular flexibility index (Phi) is 7.95. The van der Waals surface area contributed by atoms with Gasteiger partial charge in [-0.1, -0.05) is 48.5 Å². The number of para-hydroxylation sites is 2. The molecule has 0 atom stereocenters. The molecular weight excluding hydrogens is 488 g/mol. The van der Waals surface area contributed by atoms with Crippen LogP contribution >= 0.6 is 0 Å². The second-order valence-corrected chi connectivity index (χ2v) is 10.3. The molecule has 0 saturated carbocycles. The van der Waals surface area contributed by atoms with Crippen LogP contribution in [0.4, 0.5) is 11.4 Å². The summed E-state index contributed by atoms with van der Waals surface area (Å²) >= 11 is 0. The van der Waals surface area contributed by atoms with Crippen molar-refractivity contribution in [1.29, 1.82) is 0 Å². The Morgan fingerprint density at radius 1 is 0.811 bits per heavy atom. The Morgan fingerprint density at radius 2 is 1.51 bits per heavy atom. The number of pyridine rings is 1. The van der Waals surface area contributed by atoms with Gasteiger partial charge in [0.25, 0.3) is 11.8 Å². The van der Waals surface area contributed by atoms with Gasteiger partial charge in [0.1, 0.15) is 0 Å². The van der Waals surface area contributed by atoms with Gasteiger partial charge in [-0.15, -0.1) is 0 Å². The summed E-state index contributed by atoms with van der Waals surface area (Å²) in [6.07, 6.45) is 4.49. The quantitative estimate of drug-likeness (QED) is 0.348. The summed E-state index contributed by atoms with van der Waals surface area (Å²) in [4.78, 5) is 29.7. The summed E-state index contributed by atoms with van der Waals surface area (Å²) in [5, 5.41) is 5.63. The van der Waals surface area contributed by atoms with Gasteiger partial charge in [0.05, 0.1) is 29.7 Å². The van der Waals surface area contributed by atoms with E-state index in [9.17, 15) is 18.0 Å². The number of carbonyl (C=O) groups is 2. The van der Waals surface area contributed by atoms with E-state index in [1.165, 1.54) is 4.31 Å². The highest BCUT2D eigenvalue weighted by molar-refractivity contribution is 7.92. The van der Waals surface area contributed by atoms with Crippen LogP contribution in [0.3, 0.4) is 0 Å². The van der Waals surface area contributed by atoms with E-state index in [1.54, 1.807) is 91.3 Å². The van der Waals surface area contributed by atoms with Gasteiger partial charge >= 0.3 is 0 Å². The van der Waals surface area contributed by atoms with Crippen molar-refractivity contribution in [2.75, 3.05) is 15.9 Å². The monoisotopic (exact) mass is 514 g/mol. The molecule has 8 nitrogen and oxygen atoms in total. The normalized spacial score (nSPS) is 10.9. The molecule has 4 rings (SSSR count). The molecule has 2 N–H and O–H groups in total. The van der Waals surface area contributed by atoms with Gasteiger partial charge in [0.15, 0.2) is 0 Å². The van der Waals surface area contributed by atoms with Crippen molar-refractivity contribution in [3.8, 4) is 0 Å². The number of aromatic nitrogens is 1. The summed E-state index contributed by atoms with van der Waals surface area (Å²) in [6.45, 7) is 0.439. The van der Waals surface area contributed by atoms with Gasteiger partial charge < -0.3 is 10.6 Å². The number of amides is 2. The lowest BCUT2D eigenvalue weighted by Gasteiger charge is -2.22. The molecule has 0 saturated heterocycles. The lowest BCUT2D eigenvalue weighted by molar-refractivity contribution is 0.0951. The first kappa shape index (κ1) is 25.6. The van der Waals surface area contributed by atoms with Crippen LogP contribution in [0.5, 0.6) is 0 Å². The Balaban J connectivity index is 1.44. The SMILES string of the molecule is CS(=O)(=O)N(Cc1ccc(C(=O)Nc2ccccc2C(=O)NCc2cccnc2)cc1)c1ccccc1. The fourth-order valence-electron chi connectivity index (χ4n) is 3.69. The molecule has 0 aliphatic heterocycles. The zero-order chi connectivity index (χ0) is 26.3. The molecule has 0 fully saturated rings. The fourth-order valence-corrected chi connectivity index (χ4v) is 4.57. The molecule has 0 bridgehead atoms. The number of carbonyl (C=O) groups excluding carboxylic acids is 2. The first-order chi connectivity index (χ1) is 17.8. The number of hydrogen-bond acceptors (Lipinski definition) is 5. The molecule has 1 aromatic heterocycles. The van der Waals surface area contributed by atoms with E-state index in [2.05, 4.69) is 15.6 Å². The molecule has 37 heavy (non-hydrogen) atoms. The highest BCUT2D eigenvalue weighted by Crippen LogP contribution is 2.21. The maximum Gasteiger partial charge on any atom is 0.255 e. The maximum absolute atomic E-state index is 12.9. The maximum atomic E-state index is 12.9. The van der Waals surface area contributed by atoms with E-state index in [0.29, 0.717) is 29.0 Å². The molecule has 3 aromatic carbocycles. The van der Waals surface area contributed by atoms with E-state index < -0.39 is 10.0 Å². The van der Waals surface area contributed by atoms with Crippen molar-refractivity contribution >= 4 is 33.2 Å². The molecule has 188 valence electrons. The highest BCUT2D eigenvalue weighted by atomic mass is 32.2. The number of nitrogens with one attached hydrogen (secondary N) is 2. The molecular formula is C28H26N4O4S. The van der Waals surface area contributed by atoms with Crippen molar-refractivity contribution in [1.82, 2.24) is 10.3 Å². The van der Waals surface area contributed by atoms with Gasteiger partial charge in [-0.2, -0.15) is 0 Å². The second-order valence-electron chi connectivity index (χ2n) is 8.35. The van der Waals surface area contributed by atoms with Crippen LogP contribution < -0.4 is 14.9 Å². The Labute approximate surface area is 216 Å². The van der Waals surface area contributed by atoms with Crippen LogP contribution in [0.15, 0.2) is 103 Å². The Hall–Kier alpha value is -4.50. The molecule has 1 heterocycles. The van der Waals surface area contributed by atoms with E-state index in [1.807, 2.05) is 12.1 Å². The van der Waals surface area contributed by atoms with Crippen molar-refractivity contribution in [2.45, 2.75) is 13.1 Å². The minimum absolute atomic E-state index is 0.130. The lowest BCUT2D eigenvalue weighted by atomic mass is 10.1. The van der Waals surface area contributed by atoms with E-state index in [4.69, 9.17) is 0 Å². The third kappa shape index (κ3) is 6.80. The van der Waals surface area contributed by atoms with Gasteiger partial charge in [-0.05, 0) is 53.6 Å². The molecule has 9 heteroatoms. The third-order valence-corrected chi connectivity index (χ3v) is 6.72. The second kappa shape index (κ2) is 11.5. The summed E-state index contributed by atoms with van der Waals surface area (Å²) in [5.41, 5.74) is 3.24. The molecule has 0 aliphatic rings. The Morgan fingerprint density at radius 3 is 2.19 bits per heavy atom. The zero-order valence-corrected chi connectivity index (χ0v) is 21.0. The third-order valence-electron chi connectivity index (χ3n) is 5.58. The number of anilines is 2. The van der Waals surface area contributed by atoms with Crippen LogP contribution in [-0.4, -0.2) is 31.5 Å². The average Bonchev–Trinajstić information content (AvgIpc) is 2.91. The molecule has 0 aliphatic carbocycles. The smallest absolute Gasteiger partial charge is 0.255 e. The fraction of sp³-hybridized carbons (Fsp3) is 0.107. The summed E-state index contributed by atoms with van der Waals surface area (Å²) in [5.74, 6) is -0.709. The van der Waals surface area contributed by atoms with Crippen LogP contribution in [0.2, 0.25) is 0 Å². The van der Waals surface area contributed by atoms with Gasteiger partial charge in [-0.25, -0.2) is 8.42 Å². The van der Waals surface area contributed by atoms with Crippen molar-refractivity contribution in [2.24, 2.45) is 0 Å². The number of benzene rings is 3. The highest BCUT2D eigenvalue weighted by Gasteiger charge is 2.18. The molecule has 4 aromatic rings. The molecule has 2 amide bonds. The first-order valence-electron chi connectivity index (χ1n) is 11.5. The van der Waals surface area contributed by atoms with Crippen molar-refractivity contribution in [3.05, 3.63) is 126 Å². The first-order valence-corrected chi connectivity index (χ1v) is 13.4. The molecule has 0 radical (unpaired) electrons. The summed E-state index contributed by atoms with van der Waals surface area (Å²) in [6, 6.07) is 25.9. The van der Waals surface area contributed by atoms with Gasteiger partial charge in [0, 0.05) is 24.5 Å². The van der Waals surface area contributed by atoms with Gasteiger partial charge in [0.2, 0.25) is 10.0 Å². The van der Waals surface area contributed by atoms with Gasteiger partial charge in [-0.3, -0.25) is 18.9 Å². The summed E-state index contributed by atoms with van der Waals surface area (Å²) < 4.78 is 26.0. The van der Waals surface area contributed by atoms with E-state index >= 15 is 0 Å². The predicted molar refractivity (Wildman–Crippen MR) is 144 cm³/mol. The number of hydrogen-bond donors (Lipinski definition) is 2. The van der Waals surface area contributed by atoms with E-state index in [-0.39, 0.29) is 18.4 Å². The van der Waals surface area contributed by atoms with Crippen LogP contribution in [0.1, 0.15) is 31.8 Å². The van der Waals surface area contributed by atoms with Crippen LogP contribution in [0.25, 0.3) is 0 Å². The number of sulfonamides is 1. The predicted octanol–water partition coefficient (Wildman–Crippen LogP) is 4.23. The van der Waals surface area contributed by atoms with Crippen LogP contribution in [0, 0.1) is 0 Å². The topological polar surface area (TPSA) is 108 Å². The summed E-state index contributed by atoms with van der Waals surface area (Å²) in [7, 11) is -3.51. The van der Waals surface area contributed by atoms with E-state index in [0.717, 1.165) is 17.4 Å². The largest absolute Gasteiger partial charge is 0.348 e. The average molecular weight is 515 g/mol. The molecule has 0 spiro atoms. The molecule has 0 unspecified atom stereocenters. The zero-order valence-electron chi connectivity index (χ0n) is 20.2. The van der Waals surface area contributed by atoms with Crippen molar-refractivity contribution < 1.29 is 18.0 Å². The van der Waals surface area contributed by atoms with Crippen LogP contribution in [-0.2, 0) is 23.1 Å². The Bertz CT molecular complexity index is 1480. The number of nitrogens with zero attached hydrogens (tertiary/aromatic N) is 2. The van der Waals surface area contributed by atoms with Crippen molar-refractivity contribution in [3.63, 3.8) is 0 Å². The lowest BCUT2D eigenvalue weighted by Crippen LogP contribution is -2.29. The number of rotatable bonds is 9. The minimum Gasteiger partial charge on any atom is -0.348 e. The standard InChI is InChI=1S/C28H26N4O4S/c1-37(35,36)32(24-9-3-2-4-10-24)20-21-13-15-23(16-14-21)27(33)31-26-12-6-5-11-25(26)28(34)30-19-22-8-7-17-29-18-22/h2-18H,19-20H2,1H3,(H,30,34)(H,31,33).